The van der Waals surface area contributed by atoms with Gasteiger partial charge >= 0.3 is 0 Å². The van der Waals surface area contributed by atoms with Crippen LogP contribution in [0.25, 0.3) is 10.6 Å². The number of thiazole rings is 1. The molecular weight excluding hydrogens is 460 g/mol. The minimum Gasteiger partial charge on any atom is -0.382 e. The first-order chi connectivity index (χ1) is 15.5. The number of benzene rings is 1. The fourth-order valence-electron chi connectivity index (χ4n) is 3.83. The highest BCUT2D eigenvalue weighted by atomic mass is 35.5. The Labute approximate surface area is 200 Å². The zero-order valence-corrected chi connectivity index (χ0v) is 19.9. The van der Waals surface area contributed by atoms with E-state index in [1.54, 1.807) is 11.3 Å². The maximum Gasteiger partial charge on any atom is 0.144 e. The molecule has 0 aliphatic carbocycles. The van der Waals surface area contributed by atoms with E-state index in [4.69, 9.17) is 22.3 Å². The number of rotatable bonds is 5. The molecule has 1 unspecified atom stereocenters. The van der Waals surface area contributed by atoms with Crippen molar-refractivity contribution in [3.05, 3.63) is 51.5 Å². The van der Waals surface area contributed by atoms with E-state index in [9.17, 15) is 10.5 Å². The second kappa shape index (κ2) is 9.79. The van der Waals surface area contributed by atoms with Gasteiger partial charge in [0.15, 0.2) is 0 Å². The molecule has 2 aromatic heterocycles. The Morgan fingerprint density at radius 2 is 1.97 bits per heavy atom. The third-order valence-corrected chi connectivity index (χ3v) is 7.56. The first kappa shape index (κ1) is 22.4. The van der Waals surface area contributed by atoms with Gasteiger partial charge in [-0.05, 0) is 30.9 Å². The van der Waals surface area contributed by atoms with Crippen LogP contribution in [0.1, 0.15) is 36.6 Å². The molecule has 9 heteroatoms. The Kier molecular flexibility index (Phi) is 6.86. The fraction of sp³-hybridized carbons (Fsp3) is 0.304. The number of thioether (sulfide) groups is 1. The van der Waals surface area contributed by atoms with Crippen molar-refractivity contribution in [1.29, 1.82) is 10.5 Å². The number of halogens is 1. The van der Waals surface area contributed by atoms with Gasteiger partial charge in [-0.25, -0.2) is 9.97 Å². The molecule has 1 aliphatic rings. The Balaban J connectivity index is 1.61. The third kappa shape index (κ3) is 4.68. The van der Waals surface area contributed by atoms with Crippen LogP contribution in [0, 0.1) is 28.6 Å². The first-order valence-corrected chi connectivity index (χ1v) is 12.5. The average Bonchev–Trinajstić information content (AvgIpc) is 3.26. The summed E-state index contributed by atoms with van der Waals surface area (Å²) in [7, 11) is 0. The molecule has 32 heavy (non-hydrogen) atoms. The van der Waals surface area contributed by atoms with Crippen molar-refractivity contribution >= 4 is 46.2 Å². The predicted octanol–water partition coefficient (Wildman–Crippen LogP) is 5.71. The summed E-state index contributed by atoms with van der Waals surface area (Å²) in [5, 5.41) is 23.8. The van der Waals surface area contributed by atoms with E-state index in [1.165, 1.54) is 11.8 Å². The normalized spacial score (nSPS) is 15.9. The summed E-state index contributed by atoms with van der Waals surface area (Å²) in [4.78, 5) is 11.2. The maximum atomic E-state index is 9.97. The molecule has 0 amide bonds. The molecular formula is C23H21ClN6S2. The van der Waals surface area contributed by atoms with Gasteiger partial charge in [-0.15, -0.1) is 11.3 Å². The second-order valence-electron chi connectivity index (χ2n) is 7.76. The topological polar surface area (TPSA) is 103 Å². The molecule has 1 aliphatic heterocycles. The van der Waals surface area contributed by atoms with Gasteiger partial charge in [0.2, 0.25) is 0 Å². The van der Waals surface area contributed by atoms with E-state index in [2.05, 4.69) is 28.9 Å². The lowest BCUT2D eigenvalue weighted by atomic mass is 9.98. The average molecular weight is 481 g/mol. The van der Waals surface area contributed by atoms with Gasteiger partial charge in [0.1, 0.15) is 39.1 Å². The fourth-order valence-corrected chi connectivity index (χ4v) is 5.77. The molecule has 3 aromatic rings. The molecule has 2 N–H and O–H groups in total. The van der Waals surface area contributed by atoms with Crippen LogP contribution in [-0.2, 0) is 5.75 Å². The molecule has 1 fully saturated rings. The number of pyridine rings is 1. The van der Waals surface area contributed by atoms with Crippen molar-refractivity contribution in [3.8, 4) is 22.7 Å². The van der Waals surface area contributed by atoms with E-state index < -0.39 is 0 Å². The number of aromatic nitrogens is 2. The number of anilines is 2. The molecule has 4 rings (SSSR count). The number of hydrogen-bond donors (Lipinski definition) is 1. The minimum absolute atomic E-state index is 0.169. The van der Waals surface area contributed by atoms with Gasteiger partial charge in [0, 0.05) is 34.8 Å². The first-order valence-electron chi connectivity index (χ1n) is 10.2. The Morgan fingerprint density at radius 3 is 2.66 bits per heavy atom. The molecule has 162 valence electrons. The third-order valence-electron chi connectivity index (χ3n) is 5.36. The molecule has 0 bridgehead atoms. The minimum atomic E-state index is 0.169. The highest BCUT2D eigenvalue weighted by Crippen LogP contribution is 2.38. The number of nitrogen functional groups attached to an aromatic ring is 1. The highest BCUT2D eigenvalue weighted by molar-refractivity contribution is 7.98. The maximum absolute atomic E-state index is 9.97. The Bertz CT molecular complexity index is 1210. The number of piperidine rings is 1. The van der Waals surface area contributed by atoms with Gasteiger partial charge in [-0.3, -0.25) is 0 Å². The summed E-state index contributed by atoms with van der Waals surface area (Å²) >= 11 is 8.96. The van der Waals surface area contributed by atoms with E-state index in [1.807, 2.05) is 29.6 Å². The predicted molar refractivity (Wildman–Crippen MR) is 131 cm³/mol. The van der Waals surface area contributed by atoms with Crippen molar-refractivity contribution in [1.82, 2.24) is 9.97 Å². The number of nitrogens with two attached hydrogens (primary N) is 1. The standard InChI is InChI=1S/C23H21ClN6S2/c1-14-3-2-8-30(11-14)20-18(9-25)21(27)29-23(19(20)10-26)32-13-17-12-31-22(28-17)15-4-6-16(24)7-5-15/h4-7,12,14H,2-3,8,11,13H2,1H3,(H2,27,29). The van der Waals surface area contributed by atoms with Crippen LogP contribution in [-0.4, -0.2) is 23.1 Å². The van der Waals surface area contributed by atoms with E-state index in [-0.39, 0.29) is 5.82 Å². The van der Waals surface area contributed by atoms with Gasteiger partial charge in [0.05, 0.1) is 11.4 Å². The Morgan fingerprint density at radius 1 is 1.22 bits per heavy atom. The second-order valence-corrected chi connectivity index (χ2v) is 10.0. The van der Waals surface area contributed by atoms with Crippen LogP contribution < -0.4 is 10.6 Å². The lowest BCUT2D eigenvalue weighted by molar-refractivity contribution is 0.446. The molecule has 1 saturated heterocycles. The van der Waals surface area contributed by atoms with Crippen molar-refractivity contribution in [2.75, 3.05) is 23.7 Å². The molecule has 0 saturated carbocycles. The monoisotopic (exact) mass is 480 g/mol. The molecule has 0 radical (unpaired) electrons. The number of nitriles is 2. The van der Waals surface area contributed by atoms with E-state index in [0.29, 0.717) is 38.5 Å². The number of nitrogens with zero attached hydrogens (tertiary/aromatic N) is 5. The van der Waals surface area contributed by atoms with E-state index >= 15 is 0 Å². The lowest BCUT2D eigenvalue weighted by Gasteiger charge is -2.34. The zero-order chi connectivity index (χ0) is 22.7. The van der Waals surface area contributed by atoms with Gasteiger partial charge in [0.25, 0.3) is 0 Å². The van der Waals surface area contributed by atoms with Crippen molar-refractivity contribution in [2.24, 2.45) is 5.92 Å². The van der Waals surface area contributed by atoms with Crippen LogP contribution >= 0.6 is 34.7 Å². The molecule has 0 spiro atoms. The summed E-state index contributed by atoms with van der Waals surface area (Å²) in [6, 6.07) is 12.0. The van der Waals surface area contributed by atoms with Crippen molar-refractivity contribution in [3.63, 3.8) is 0 Å². The summed E-state index contributed by atoms with van der Waals surface area (Å²) in [6.45, 7) is 3.79. The van der Waals surface area contributed by atoms with Crippen molar-refractivity contribution in [2.45, 2.75) is 30.5 Å². The van der Waals surface area contributed by atoms with Gasteiger partial charge in [-0.1, -0.05) is 42.4 Å². The summed E-state index contributed by atoms with van der Waals surface area (Å²) in [5.41, 5.74) is 9.39. The van der Waals surface area contributed by atoms with Gasteiger partial charge < -0.3 is 10.6 Å². The SMILES string of the molecule is CC1CCCN(c2c(C#N)c(N)nc(SCc3csc(-c4ccc(Cl)cc4)n3)c2C#N)C1. The van der Waals surface area contributed by atoms with Crippen molar-refractivity contribution < 1.29 is 0 Å². The molecule has 3 heterocycles. The van der Waals surface area contributed by atoms with Gasteiger partial charge in [-0.2, -0.15) is 10.5 Å². The summed E-state index contributed by atoms with van der Waals surface area (Å²) < 4.78 is 0. The Hall–Kier alpha value is -2.78. The number of hydrogen-bond acceptors (Lipinski definition) is 8. The molecule has 1 aromatic carbocycles. The smallest absolute Gasteiger partial charge is 0.144 e. The highest BCUT2D eigenvalue weighted by Gasteiger charge is 2.26. The van der Waals surface area contributed by atoms with Crippen LogP contribution in [0.15, 0.2) is 34.7 Å². The summed E-state index contributed by atoms with van der Waals surface area (Å²) in [6.07, 6.45) is 2.16. The largest absolute Gasteiger partial charge is 0.382 e. The van der Waals surface area contributed by atoms with Crippen LogP contribution in [0.2, 0.25) is 5.02 Å². The van der Waals surface area contributed by atoms with E-state index in [0.717, 1.165) is 42.2 Å². The molecule has 1 atom stereocenters. The molecule has 6 nitrogen and oxygen atoms in total. The van der Waals surface area contributed by atoms with Crippen LogP contribution in [0.5, 0.6) is 0 Å². The van der Waals surface area contributed by atoms with Crippen LogP contribution in [0.3, 0.4) is 0 Å². The zero-order valence-electron chi connectivity index (χ0n) is 17.5. The summed E-state index contributed by atoms with van der Waals surface area (Å²) in [5.74, 6) is 1.21. The quantitative estimate of drug-likeness (QED) is 0.466. The lowest BCUT2D eigenvalue weighted by Crippen LogP contribution is -2.35. The van der Waals surface area contributed by atoms with Crippen LogP contribution in [0.4, 0.5) is 11.5 Å².